The fourth-order valence-corrected chi connectivity index (χ4v) is 3.09. The average Bonchev–Trinajstić information content (AvgIpc) is 2.69. The zero-order valence-corrected chi connectivity index (χ0v) is 16.8. The molecule has 0 aliphatic heterocycles. The van der Waals surface area contributed by atoms with Crippen LogP contribution in [0.4, 0.5) is 17.6 Å². The highest BCUT2D eigenvalue weighted by atomic mass is 16.1. The number of benzene rings is 2. The summed E-state index contributed by atoms with van der Waals surface area (Å²) in [6.45, 7) is 2.86. The maximum absolute atomic E-state index is 12.3. The molecule has 0 saturated carbocycles. The van der Waals surface area contributed by atoms with E-state index in [1.54, 1.807) is 6.07 Å². The highest BCUT2D eigenvalue weighted by Crippen LogP contribution is 2.15. The van der Waals surface area contributed by atoms with Crippen molar-refractivity contribution in [3.8, 4) is 0 Å². The number of fused-ring (bicyclic) bond motifs is 1. The summed E-state index contributed by atoms with van der Waals surface area (Å²) in [6.07, 6.45) is 0. The molecule has 0 aliphatic rings. The smallest absolute Gasteiger partial charge is 0.258 e. The quantitative estimate of drug-likeness (QED) is 0.449. The largest absolute Gasteiger partial charge is 0.368 e. The molecule has 0 bridgehead atoms. The van der Waals surface area contributed by atoms with Gasteiger partial charge in [0.15, 0.2) is 0 Å². The van der Waals surface area contributed by atoms with Crippen molar-refractivity contribution >= 4 is 28.5 Å². The number of hydrogen-bond donors (Lipinski definition) is 3. The van der Waals surface area contributed by atoms with Gasteiger partial charge < -0.3 is 16.0 Å². The van der Waals surface area contributed by atoms with Crippen molar-refractivity contribution in [1.82, 2.24) is 29.8 Å². The number of nitrogens with one attached hydrogen (secondary N) is 2. The highest BCUT2D eigenvalue weighted by molar-refractivity contribution is 5.77. The summed E-state index contributed by atoms with van der Waals surface area (Å²) in [5, 5.41) is 3.71. The Bertz CT molecular complexity index is 1240. The Morgan fingerprint density at radius 1 is 1.00 bits per heavy atom. The molecule has 0 atom stereocenters. The van der Waals surface area contributed by atoms with Crippen molar-refractivity contribution in [2.24, 2.45) is 0 Å². The molecule has 0 spiro atoms. The molecule has 0 saturated heterocycles. The Labute approximate surface area is 173 Å². The van der Waals surface area contributed by atoms with Gasteiger partial charge in [-0.05, 0) is 38.2 Å². The second-order valence-electron chi connectivity index (χ2n) is 7.13. The van der Waals surface area contributed by atoms with Crippen LogP contribution in [-0.4, -0.2) is 36.9 Å². The van der Waals surface area contributed by atoms with Crippen LogP contribution in [0.2, 0.25) is 0 Å². The van der Waals surface area contributed by atoms with Gasteiger partial charge in [-0.2, -0.15) is 15.0 Å². The summed E-state index contributed by atoms with van der Waals surface area (Å²) in [5.41, 5.74) is 8.41. The molecule has 2 heterocycles. The van der Waals surface area contributed by atoms with Crippen LogP contribution in [0, 0.1) is 6.92 Å². The summed E-state index contributed by atoms with van der Waals surface area (Å²) >= 11 is 0. The first-order chi connectivity index (χ1) is 14.5. The summed E-state index contributed by atoms with van der Waals surface area (Å²) in [6, 6.07) is 15.1. The van der Waals surface area contributed by atoms with E-state index in [4.69, 9.17) is 5.73 Å². The van der Waals surface area contributed by atoms with Crippen LogP contribution < -0.4 is 16.6 Å². The molecule has 9 heteroatoms. The molecule has 2 aromatic carbocycles. The molecular weight excluding hydrogens is 380 g/mol. The Kier molecular flexibility index (Phi) is 5.36. The number of nitrogens with zero attached hydrogens (tertiary/aromatic N) is 5. The van der Waals surface area contributed by atoms with Crippen LogP contribution in [0.3, 0.4) is 0 Å². The van der Waals surface area contributed by atoms with Gasteiger partial charge in [0, 0.05) is 5.69 Å². The topological polar surface area (TPSA) is 126 Å². The Morgan fingerprint density at radius 3 is 2.57 bits per heavy atom. The first kappa shape index (κ1) is 19.5. The van der Waals surface area contributed by atoms with Gasteiger partial charge in [-0.3, -0.25) is 9.69 Å². The second kappa shape index (κ2) is 8.26. The minimum absolute atomic E-state index is 0.139. The number of anilines is 3. The lowest BCUT2D eigenvalue weighted by Gasteiger charge is -2.16. The van der Waals surface area contributed by atoms with Gasteiger partial charge >= 0.3 is 0 Å². The number of nitrogen functional groups attached to an aromatic ring is 1. The standard InChI is InChI=1S/C21H22N8O/c1-13-7-9-14(10-8-13)23-21-27-18(26-20(22)28-21)12-29(2)11-17-24-16-6-4-3-5-15(16)19(30)25-17/h3-10H,11-12H2,1-2H3,(H,24,25,30)(H3,22,23,26,27,28). The summed E-state index contributed by atoms with van der Waals surface area (Å²) in [7, 11) is 1.89. The monoisotopic (exact) mass is 402 g/mol. The third-order valence-corrected chi connectivity index (χ3v) is 4.50. The van der Waals surface area contributed by atoms with Gasteiger partial charge in [0.2, 0.25) is 11.9 Å². The van der Waals surface area contributed by atoms with Crippen LogP contribution in [0.1, 0.15) is 17.2 Å². The van der Waals surface area contributed by atoms with E-state index in [1.165, 1.54) is 5.56 Å². The molecular formula is C21H22N8O. The molecule has 2 aromatic heterocycles. The average molecular weight is 402 g/mol. The second-order valence-corrected chi connectivity index (χ2v) is 7.13. The van der Waals surface area contributed by atoms with E-state index < -0.39 is 0 Å². The number of nitrogens with two attached hydrogens (primary N) is 1. The van der Waals surface area contributed by atoms with Gasteiger partial charge in [-0.25, -0.2) is 4.98 Å². The SMILES string of the molecule is Cc1ccc(Nc2nc(N)nc(CN(C)Cc3nc4ccccc4c(=O)[nH]3)n2)cc1. The number of para-hydroxylation sites is 1. The van der Waals surface area contributed by atoms with Crippen molar-refractivity contribution < 1.29 is 0 Å². The number of hydrogen-bond acceptors (Lipinski definition) is 8. The van der Waals surface area contributed by atoms with Crippen molar-refractivity contribution in [2.75, 3.05) is 18.1 Å². The molecule has 0 amide bonds. The van der Waals surface area contributed by atoms with Crippen molar-refractivity contribution in [3.63, 3.8) is 0 Å². The zero-order chi connectivity index (χ0) is 21.1. The molecule has 9 nitrogen and oxygen atoms in total. The van der Waals surface area contributed by atoms with Gasteiger partial charge in [0.05, 0.1) is 24.0 Å². The van der Waals surface area contributed by atoms with E-state index in [-0.39, 0.29) is 11.5 Å². The summed E-state index contributed by atoms with van der Waals surface area (Å²) in [4.78, 5) is 34.4. The van der Waals surface area contributed by atoms with Gasteiger partial charge in [0.25, 0.3) is 5.56 Å². The minimum Gasteiger partial charge on any atom is -0.368 e. The molecule has 0 radical (unpaired) electrons. The van der Waals surface area contributed by atoms with Crippen LogP contribution in [-0.2, 0) is 13.1 Å². The first-order valence-electron chi connectivity index (χ1n) is 9.47. The fraction of sp³-hybridized carbons (Fsp3) is 0.190. The summed E-state index contributed by atoms with van der Waals surface area (Å²) < 4.78 is 0. The van der Waals surface area contributed by atoms with E-state index in [2.05, 4.69) is 30.2 Å². The molecule has 0 aliphatic carbocycles. The predicted molar refractivity (Wildman–Crippen MR) is 116 cm³/mol. The number of aromatic amines is 1. The molecule has 4 aromatic rings. The first-order valence-corrected chi connectivity index (χ1v) is 9.47. The number of H-pyrrole nitrogens is 1. The third-order valence-electron chi connectivity index (χ3n) is 4.50. The lowest BCUT2D eigenvalue weighted by Crippen LogP contribution is -2.23. The van der Waals surface area contributed by atoms with Crippen molar-refractivity contribution in [3.05, 3.63) is 76.1 Å². The van der Waals surface area contributed by atoms with Crippen LogP contribution in [0.25, 0.3) is 10.9 Å². The predicted octanol–water partition coefficient (Wildman–Crippen LogP) is 2.37. The highest BCUT2D eigenvalue weighted by Gasteiger charge is 2.11. The number of rotatable bonds is 6. The fourth-order valence-electron chi connectivity index (χ4n) is 3.09. The van der Waals surface area contributed by atoms with E-state index in [9.17, 15) is 4.79 Å². The minimum atomic E-state index is -0.155. The van der Waals surface area contributed by atoms with E-state index in [0.717, 1.165) is 5.69 Å². The molecule has 4 rings (SSSR count). The Hall–Kier alpha value is -3.85. The van der Waals surface area contributed by atoms with Crippen LogP contribution in [0.15, 0.2) is 53.3 Å². The lowest BCUT2D eigenvalue weighted by atomic mass is 10.2. The molecule has 152 valence electrons. The summed E-state index contributed by atoms with van der Waals surface area (Å²) in [5.74, 6) is 1.61. The maximum atomic E-state index is 12.3. The number of aryl methyl sites for hydroxylation is 1. The van der Waals surface area contributed by atoms with E-state index in [0.29, 0.717) is 41.6 Å². The van der Waals surface area contributed by atoms with E-state index in [1.807, 2.05) is 61.3 Å². The van der Waals surface area contributed by atoms with Gasteiger partial charge in [-0.1, -0.05) is 29.8 Å². The maximum Gasteiger partial charge on any atom is 0.258 e. The van der Waals surface area contributed by atoms with Gasteiger partial charge in [0.1, 0.15) is 11.6 Å². The van der Waals surface area contributed by atoms with E-state index >= 15 is 0 Å². The Balaban J connectivity index is 1.49. The zero-order valence-electron chi connectivity index (χ0n) is 16.8. The van der Waals surface area contributed by atoms with Crippen LogP contribution >= 0.6 is 0 Å². The van der Waals surface area contributed by atoms with Crippen molar-refractivity contribution in [1.29, 1.82) is 0 Å². The molecule has 0 unspecified atom stereocenters. The lowest BCUT2D eigenvalue weighted by molar-refractivity contribution is 0.302. The van der Waals surface area contributed by atoms with Crippen molar-refractivity contribution in [2.45, 2.75) is 20.0 Å². The normalized spacial score (nSPS) is 11.2. The van der Waals surface area contributed by atoms with Gasteiger partial charge in [-0.15, -0.1) is 0 Å². The number of aromatic nitrogens is 5. The van der Waals surface area contributed by atoms with Crippen LogP contribution in [0.5, 0.6) is 0 Å². The molecule has 30 heavy (non-hydrogen) atoms. The molecule has 0 fully saturated rings. The molecule has 4 N–H and O–H groups in total. The Morgan fingerprint density at radius 2 is 1.77 bits per heavy atom. The third kappa shape index (κ3) is 4.58.